The van der Waals surface area contributed by atoms with E-state index in [4.69, 9.17) is 10.5 Å². The minimum absolute atomic E-state index is 0.403. The van der Waals surface area contributed by atoms with Crippen LogP contribution < -0.4 is 5.73 Å². The van der Waals surface area contributed by atoms with E-state index in [-0.39, 0.29) is 0 Å². The first kappa shape index (κ1) is 11.7. The molecule has 0 radical (unpaired) electrons. The first-order valence-corrected chi connectivity index (χ1v) is 5.11. The monoisotopic (exact) mass is 270 g/mol. The molecule has 0 aromatic carbocycles. The van der Waals surface area contributed by atoms with Crippen LogP contribution in [-0.4, -0.2) is 11.1 Å². The van der Waals surface area contributed by atoms with Crippen molar-refractivity contribution in [3.63, 3.8) is 0 Å². The molecule has 0 saturated carbocycles. The van der Waals surface area contributed by atoms with Gasteiger partial charge in [0.05, 0.1) is 0 Å². The highest BCUT2D eigenvalue weighted by Crippen LogP contribution is 2.23. The Kier molecular flexibility index (Phi) is 4.30. The molecule has 1 aromatic rings. The number of amides is 1. The van der Waals surface area contributed by atoms with Crippen molar-refractivity contribution in [2.24, 2.45) is 5.73 Å². The number of carbonyl (C=O) groups is 1. The van der Waals surface area contributed by atoms with Crippen LogP contribution in [0.2, 0.25) is 0 Å². The summed E-state index contributed by atoms with van der Waals surface area (Å²) >= 11 is 3.24. The molecule has 0 bridgehead atoms. The van der Waals surface area contributed by atoms with Crippen molar-refractivity contribution < 1.29 is 9.53 Å². The van der Waals surface area contributed by atoms with Gasteiger partial charge in [-0.1, -0.05) is 6.08 Å². The largest absolute Gasteiger partial charge is 0.441 e. The number of aromatic nitrogens is 1. The summed E-state index contributed by atoms with van der Waals surface area (Å²) in [6.45, 7) is 3.60. The smallest absolute Gasteiger partial charge is 0.405 e. The molecule has 4 nitrogen and oxygen atoms in total. The standard InChI is InChI=1S/C10H11BrN2O2/c1-2-3-8(15-10(12)14)7-4-5-13-9(11)6-7/h2,4-6,8H,1,3H2,(H2,12,14)/t8-/m0/s1. The molecule has 1 aromatic heterocycles. The van der Waals surface area contributed by atoms with Gasteiger partial charge in [0, 0.05) is 12.6 Å². The summed E-state index contributed by atoms with van der Waals surface area (Å²) in [5.41, 5.74) is 5.81. The third-order valence-corrected chi connectivity index (χ3v) is 2.20. The number of rotatable bonds is 4. The van der Waals surface area contributed by atoms with Gasteiger partial charge in [0.1, 0.15) is 10.7 Å². The van der Waals surface area contributed by atoms with E-state index in [1.807, 2.05) is 0 Å². The molecule has 2 N–H and O–H groups in total. The Balaban J connectivity index is 2.87. The molecule has 0 fully saturated rings. The second-order valence-electron chi connectivity index (χ2n) is 2.86. The van der Waals surface area contributed by atoms with Crippen molar-refractivity contribution in [2.75, 3.05) is 0 Å². The summed E-state index contributed by atoms with van der Waals surface area (Å²) in [7, 11) is 0. The summed E-state index contributed by atoms with van der Waals surface area (Å²) in [5, 5.41) is 0. The van der Waals surface area contributed by atoms with Crippen molar-refractivity contribution in [3.05, 3.63) is 41.2 Å². The molecule has 1 heterocycles. The molecule has 0 saturated heterocycles. The second-order valence-corrected chi connectivity index (χ2v) is 3.67. The zero-order valence-electron chi connectivity index (χ0n) is 8.02. The van der Waals surface area contributed by atoms with Crippen molar-refractivity contribution in [2.45, 2.75) is 12.5 Å². The van der Waals surface area contributed by atoms with Crippen LogP contribution in [0.15, 0.2) is 35.6 Å². The second kappa shape index (κ2) is 5.50. The van der Waals surface area contributed by atoms with Crippen LogP contribution in [0.5, 0.6) is 0 Å². The average Bonchev–Trinajstić information content (AvgIpc) is 2.16. The average molecular weight is 271 g/mol. The number of ether oxygens (including phenoxy) is 1. The molecule has 0 aliphatic carbocycles. The van der Waals surface area contributed by atoms with Gasteiger partial charge in [-0.3, -0.25) is 0 Å². The minimum Gasteiger partial charge on any atom is -0.441 e. The molecular formula is C10H11BrN2O2. The van der Waals surface area contributed by atoms with E-state index in [2.05, 4.69) is 27.5 Å². The lowest BCUT2D eigenvalue weighted by Gasteiger charge is -2.14. The number of hydrogen-bond donors (Lipinski definition) is 1. The lowest BCUT2D eigenvalue weighted by molar-refractivity contribution is 0.108. The highest BCUT2D eigenvalue weighted by atomic mass is 79.9. The first-order chi connectivity index (χ1) is 7.13. The van der Waals surface area contributed by atoms with E-state index in [1.54, 1.807) is 24.4 Å². The predicted molar refractivity (Wildman–Crippen MR) is 60.2 cm³/mol. The maximum atomic E-state index is 10.7. The normalized spacial score (nSPS) is 11.8. The number of halogens is 1. The van der Waals surface area contributed by atoms with Crippen molar-refractivity contribution in [1.29, 1.82) is 0 Å². The quantitative estimate of drug-likeness (QED) is 0.676. The number of primary amides is 1. The molecule has 1 rings (SSSR count). The van der Waals surface area contributed by atoms with Gasteiger partial charge >= 0.3 is 6.09 Å². The fourth-order valence-corrected chi connectivity index (χ4v) is 1.54. The SMILES string of the molecule is C=CC[C@H](OC(N)=O)c1ccnc(Br)c1. The van der Waals surface area contributed by atoms with E-state index in [1.165, 1.54) is 0 Å². The summed E-state index contributed by atoms with van der Waals surface area (Å²) in [4.78, 5) is 14.7. The Morgan fingerprint density at radius 2 is 2.53 bits per heavy atom. The maximum Gasteiger partial charge on any atom is 0.405 e. The molecule has 80 valence electrons. The van der Waals surface area contributed by atoms with Gasteiger partial charge in [-0.2, -0.15) is 0 Å². The Morgan fingerprint density at radius 3 is 3.07 bits per heavy atom. The highest BCUT2D eigenvalue weighted by Gasteiger charge is 2.13. The van der Waals surface area contributed by atoms with Gasteiger partial charge in [0.15, 0.2) is 0 Å². The van der Waals surface area contributed by atoms with Gasteiger partial charge in [-0.25, -0.2) is 9.78 Å². The Morgan fingerprint density at radius 1 is 1.80 bits per heavy atom. The van der Waals surface area contributed by atoms with E-state index in [9.17, 15) is 4.79 Å². The summed E-state index contributed by atoms with van der Waals surface area (Å²) in [6, 6.07) is 3.54. The van der Waals surface area contributed by atoms with E-state index < -0.39 is 12.2 Å². The molecule has 1 atom stereocenters. The van der Waals surface area contributed by atoms with Gasteiger partial charge in [-0.15, -0.1) is 6.58 Å². The van der Waals surface area contributed by atoms with Crippen LogP contribution in [0.1, 0.15) is 18.1 Å². The minimum atomic E-state index is -0.796. The zero-order chi connectivity index (χ0) is 11.3. The number of nitrogens with two attached hydrogens (primary N) is 1. The highest BCUT2D eigenvalue weighted by molar-refractivity contribution is 9.10. The van der Waals surface area contributed by atoms with Crippen LogP contribution in [0.3, 0.4) is 0 Å². The van der Waals surface area contributed by atoms with Crippen molar-refractivity contribution in [1.82, 2.24) is 4.98 Å². The number of carbonyl (C=O) groups excluding carboxylic acids is 1. The molecule has 0 unspecified atom stereocenters. The van der Waals surface area contributed by atoms with Gasteiger partial charge in [-0.05, 0) is 33.6 Å². The number of nitrogens with zero attached hydrogens (tertiary/aromatic N) is 1. The third kappa shape index (κ3) is 3.71. The third-order valence-electron chi connectivity index (χ3n) is 1.76. The zero-order valence-corrected chi connectivity index (χ0v) is 9.61. The molecule has 1 amide bonds. The van der Waals surface area contributed by atoms with Crippen LogP contribution in [0.4, 0.5) is 4.79 Å². The van der Waals surface area contributed by atoms with Crippen molar-refractivity contribution >= 4 is 22.0 Å². The van der Waals surface area contributed by atoms with Gasteiger partial charge in [0.25, 0.3) is 0 Å². The van der Waals surface area contributed by atoms with Gasteiger partial charge in [0.2, 0.25) is 0 Å². The Bertz CT molecular complexity index is 368. The molecular weight excluding hydrogens is 260 g/mol. The van der Waals surface area contributed by atoms with E-state index in [0.717, 1.165) is 5.56 Å². The molecule has 15 heavy (non-hydrogen) atoms. The van der Waals surface area contributed by atoms with Crippen LogP contribution in [0.25, 0.3) is 0 Å². The number of pyridine rings is 1. The fourth-order valence-electron chi connectivity index (χ4n) is 1.16. The van der Waals surface area contributed by atoms with Crippen LogP contribution in [0, 0.1) is 0 Å². The predicted octanol–water partition coefficient (Wildman–Crippen LogP) is 2.56. The topological polar surface area (TPSA) is 65.2 Å². The molecule has 5 heteroatoms. The van der Waals surface area contributed by atoms with E-state index >= 15 is 0 Å². The van der Waals surface area contributed by atoms with Gasteiger partial charge < -0.3 is 10.5 Å². The first-order valence-electron chi connectivity index (χ1n) is 4.32. The summed E-state index contributed by atoms with van der Waals surface area (Å²) in [6.07, 6.45) is 2.61. The Labute approximate surface area is 96.3 Å². The summed E-state index contributed by atoms with van der Waals surface area (Å²) < 4.78 is 5.63. The molecule has 0 spiro atoms. The number of hydrogen-bond acceptors (Lipinski definition) is 3. The Hall–Kier alpha value is -1.36. The summed E-state index contributed by atoms with van der Waals surface area (Å²) in [5.74, 6) is 0. The molecule has 0 aliphatic rings. The van der Waals surface area contributed by atoms with Crippen molar-refractivity contribution in [3.8, 4) is 0 Å². The lowest BCUT2D eigenvalue weighted by atomic mass is 10.1. The van der Waals surface area contributed by atoms with Crippen LogP contribution in [-0.2, 0) is 4.74 Å². The fraction of sp³-hybridized carbons (Fsp3) is 0.200. The van der Waals surface area contributed by atoms with E-state index in [0.29, 0.717) is 11.0 Å². The maximum absolute atomic E-state index is 10.7. The molecule has 0 aliphatic heterocycles. The van der Waals surface area contributed by atoms with Crippen LogP contribution >= 0.6 is 15.9 Å². The lowest BCUT2D eigenvalue weighted by Crippen LogP contribution is -2.17.